The lowest BCUT2D eigenvalue weighted by molar-refractivity contribution is -0.119. The molecule has 1 amide bonds. The highest BCUT2D eigenvalue weighted by atomic mass is 79.9. The normalized spacial score (nSPS) is 11.2. The number of hydrogen-bond donors (Lipinski definition) is 1. The third kappa shape index (κ3) is 6.13. The number of aryl methyl sites for hydroxylation is 1. The van der Waals surface area contributed by atoms with Crippen molar-refractivity contribution in [2.45, 2.75) is 24.7 Å². The smallest absolute Gasteiger partial charge is 0.265 e. The second-order valence-corrected chi connectivity index (χ2v) is 8.79. The van der Waals surface area contributed by atoms with Crippen LogP contribution in [0.15, 0.2) is 56.3 Å². The van der Waals surface area contributed by atoms with E-state index < -0.39 is 15.9 Å². The zero-order valence-electron chi connectivity index (χ0n) is 13.5. The maximum absolute atomic E-state index is 12.3. The van der Waals surface area contributed by atoms with E-state index in [0.29, 0.717) is 22.0 Å². The molecule has 0 spiro atoms. The summed E-state index contributed by atoms with van der Waals surface area (Å²) in [7, 11) is -3.92. The third-order valence-electron chi connectivity index (χ3n) is 3.27. The Bertz CT molecular complexity index is 851. The molecule has 1 N–H and O–H groups in total. The number of benzene rings is 2. The van der Waals surface area contributed by atoms with Crippen LogP contribution in [-0.4, -0.2) is 20.9 Å². The van der Waals surface area contributed by atoms with E-state index in [1.54, 1.807) is 12.1 Å². The molecule has 0 radical (unpaired) electrons. The van der Waals surface area contributed by atoms with Crippen LogP contribution in [0.25, 0.3) is 0 Å². The van der Waals surface area contributed by atoms with Crippen LogP contribution in [0.5, 0.6) is 5.75 Å². The molecule has 0 aliphatic carbocycles. The first-order valence-electron chi connectivity index (χ1n) is 7.48. The van der Waals surface area contributed by atoms with Gasteiger partial charge in [0.2, 0.25) is 5.91 Å². The zero-order valence-corrected chi connectivity index (χ0v) is 17.4. The fourth-order valence-corrected chi connectivity index (χ4v) is 4.51. The summed E-state index contributed by atoms with van der Waals surface area (Å²) in [5.74, 6) is 0.149. The van der Waals surface area contributed by atoms with E-state index in [-0.39, 0.29) is 11.3 Å². The maximum Gasteiger partial charge on any atom is 0.265 e. The van der Waals surface area contributed by atoms with Gasteiger partial charge < -0.3 is 4.74 Å². The molecule has 25 heavy (non-hydrogen) atoms. The van der Waals surface area contributed by atoms with Gasteiger partial charge in [0, 0.05) is 15.4 Å². The molecule has 0 unspecified atom stereocenters. The molecular weight excluding hydrogens is 474 g/mol. The van der Waals surface area contributed by atoms with Crippen molar-refractivity contribution in [1.82, 2.24) is 4.72 Å². The number of hydrogen-bond acceptors (Lipinski definition) is 4. The average molecular weight is 491 g/mol. The molecule has 8 heteroatoms. The number of carbonyl (C=O) groups is 1. The topological polar surface area (TPSA) is 72.5 Å². The van der Waals surface area contributed by atoms with Crippen molar-refractivity contribution >= 4 is 47.8 Å². The van der Waals surface area contributed by atoms with E-state index in [4.69, 9.17) is 4.74 Å². The maximum atomic E-state index is 12.3. The summed E-state index contributed by atoms with van der Waals surface area (Å²) < 4.78 is 33.2. The molecular formula is C17H17Br2NO4S. The number of rotatable bonds is 7. The number of halogens is 2. The Balaban J connectivity index is 1.85. The summed E-state index contributed by atoms with van der Waals surface area (Å²) in [6.45, 7) is 2.31. The molecule has 0 saturated carbocycles. The minimum absolute atomic E-state index is 0.00568. The highest BCUT2D eigenvalue weighted by Crippen LogP contribution is 2.25. The van der Waals surface area contributed by atoms with Crippen LogP contribution in [-0.2, 0) is 14.8 Å². The van der Waals surface area contributed by atoms with Gasteiger partial charge in [-0.1, -0.05) is 33.6 Å². The summed E-state index contributed by atoms with van der Waals surface area (Å²) in [6.07, 6.45) is 0.464. The Labute approximate surface area is 164 Å². The van der Waals surface area contributed by atoms with Crippen LogP contribution >= 0.6 is 31.9 Å². The molecule has 0 saturated heterocycles. The lowest BCUT2D eigenvalue weighted by atomic mass is 10.2. The summed E-state index contributed by atoms with van der Waals surface area (Å²) in [5.41, 5.74) is 1.13. The van der Waals surface area contributed by atoms with Crippen LogP contribution < -0.4 is 9.46 Å². The highest BCUT2D eigenvalue weighted by Gasteiger charge is 2.20. The van der Waals surface area contributed by atoms with Gasteiger partial charge >= 0.3 is 0 Å². The van der Waals surface area contributed by atoms with E-state index in [1.165, 1.54) is 6.07 Å². The van der Waals surface area contributed by atoms with Crippen molar-refractivity contribution in [2.24, 2.45) is 0 Å². The number of nitrogens with one attached hydrogen (secondary N) is 1. The van der Waals surface area contributed by atoms with Crippen molar-refractivity contribution in [2.75, 3.05) is 6.61 Å². The predicted octanol–water partition coefficient (Wildman–Crippen LogP) is 4.18. The van der Waals surface area contributed by atoms with Gasteiger partial charge in [-0.3, -0.25) is 4.79 Å². The Morgan fingerprint density at radius 2 is 1.80 bits per heavy atom. The Hall–Kier alpha value is -1.38. The zero-order chi connectivity index (χ0) is 18.4. The van der Waals surface area contributed by atoms with Crippen LogP contribution in [0, 0.1) is 6.92 Å². The van der Waals surface area contributed by atoms with E-state index in [2.05, 4.69) is 36.6 Å². The molecule has 0 bridgehead atoms. The van der Waals surface area contributed by atoms with Crippen LogP contribution in [0.1, 0.15) is 18.4 Å². The molecule has 0 aliphatic rings. The monoisotopic (exact) mass is 489 g/mol. The average Bonchev–Trinajstić information content (AvgIpc) is 2.55. The van der Waals surface area contributed by atoms with Gasteiger partial charge in [0.1, 0.15) is 10.6 Å². The van der Waals surface area contributed by atoms with E-state index in [9.17, 15) is 13.2 Å². The molecule has 0 fully saturated rings. The van der Waals surface area contributed by atoms with Gasteiger partial charge in [-0.25, -0.2) is 13.1 Å². The van der Waals surface area contributed by atoms with E-state index in [1.807, 2.05) is 31.2 Å². The van der Waals surface area contributed by atoms with Gasteiger partial charge in [0.25, 0.3) is 10.0 Å². The lowest BCUT2D eigenvalue weighted by Gasteiger charge is -2.10. The lowest BCUT2D eigenvalue weighted by Crippen LogP contribution is -2.30. The molecule has 2 aromatic carbocycles. The SMILES string of the molecule is Cc1ccc(OCCCC(=O)NS(=O)(=O)c2cc(Br)ccc2Br)cc1. The molecule has 0 aromatic heterocycles. The molecule has 134 valence electrons. The minimum Gasteiger partial charge on any atom is -0.494 e. The Morgan fingerprint density at radius 1 is 1.12 bits per heavy atom. The first-order chi connectivity index (χ1) is 11.8. The Kier molecular flexibility index (Phi) is 7.04. The van der Waals surface area contributed by atoms with Gasteiger partial charge in [-0.15, -0.1) is 0 Å². The largest absolute Gasteiger partial charge is 0.494 e. The summed E-state index contributed by atoms with van der Waals surface area (Å²) in [5, 5.41) is 0. The van der Waals surface area contributed by atoms with Crippen LogP contribution in [0.4, 0.5) is 0 Å². The second kappa shape index (κ2) is 8.82. The first-order valence-corrected chi connectivity index (χ1v) is 10.5. The standard InChI is InChI=1S/C17H17Br2NO4S/c1-12-4-7-14(8-5-12)24-10-2-3-17(21)20-25(22,23)16-11-13(18)6-9-15(16)19/h4-9,11H,2-3,10H2,1H3,(H,20,21). The number of ether oxygens (including phenoxy) is 1. The summed E-state index contributed by atoms with van der Waals surface area (Å²) in [4.78, 5) is 11.9. The third-order valence-corrected chi connectivity index (χ3v) is 6.13. The van der Waals surface area contributed by atoms with Crippen molar-refractivity contribution in [3.05, 3.63) is 57.0 Å². The molecule has 2 rings (SSSR count). The Morgan fingerprint density at radius 3 is 2.48 bits per heavy atom. The van der Waals surface area contributed by atoms with E-state index >= 15 is 0 Å². The van der Waals surface area contributed by atoms with E-state index in [0.717, 1.165) is 11.3 Å². The fraction of sp³-hybridized carbons (Fsp3) is 0.235. The van der Waals surface area contributed by atoms with Gasteiger partial charge in [0.15, 0.2) is 0 Å². The summed E-state index contributed by atoms with van der Waals surface area (Å²) >= 11 is 6.40. The van der Waals surface area contributed by atoms with Crippen LogP contribution in [0.2, 0.25) is 0 Å². The number of carbonyl (C=O) groups excluding carboxylic acids is 1. The molecule has 5 nitrogen and oxygen atoms in total. The van der Waals surface area contributed by atoms with Crippen molar-refractivity contribution in [3.8, 4) is 5.75 Å². The second-order valence-electron chi connectivity index (χ2n) is 5.37. The predicted molar refractivity (Wildman–Crippen MR) is 103 cm³/mol. The van der Waals surface area contributed by atoms with Gasteiger partial charge in [-0.05, 0) is 59.6 Å². The fourth-order valence-electron chi connectivity index (χ4n) is 2.00. The van der Waals surface area contributed by atoms with Crippen LogP contribution in [0.3, 0.4) is 0 Å². The molecule has 0 aliphatic heterocycles. The van der Waals surface area contributed by atoms with Crippen molar-refractivity contribution in [3.63, 3.8) is 0 Å². The van der Waals surface area contributed by atoms with Gasteiger partial charge in [-0.2, -0.15) is 0 Å². The molecule has 0 atom stereocenters. The summed E-state index contributed by atoms with van der Waals surface area (Å²) in [6, 6.07) is 12.3. The highest BCUT2D eigenvalue weighted by molar-refractivity contribution is 9.11. The van der Waals surface area contributed by atoms with Crippen molar-refractivity contribution in [1.29, 1.82) is 0 Å². The number of sulfonamides is 1. The minimum atomic E-state index is -3.92. The first kappa shape index (κ1) is 19.9. The number of amides is 1. The molecule has 2 aromatic rings. The van der Waals surface area contributed by atoms with Crippen molar-refractivity contribution < 1.29 is 17.9 Å². The van der Waals surface area contributed by atoms with Gasteiger partial charge in [0.05, 0.1) is 6.61 Å². The quantitative estimate of drug-likeness (QED) is 0.591. The molecule has 0 heterocycles.